The van der Waals surface area contributed by atoms with Crippen molar-refractivity contribution in [2.75, 3.05) is 31.3 Å². The number of methoxy groups -OCH3 is 1. The van der Waals surface area contributed by atoms with Crippen LogP contribution in [0.4, 0.5) is 5.69 Å². The monoisotopic (exact) mass is 501 g/mol. The first-order valence-corrected chi connectivity index (χ1v) is 12.2. The van der Waals surface area contributed by atoms with Gasteiger partial charge in [0.15, 0.2) is 0 Å². The van der Waals surface area contributed by atoms with Crippen molar-refractivity contribution in [2.45, 2.75) is 19.5 Å². The lowest BCUT2D eigenvalue weighted by Crippen LogP contribution is -2.50. The number of rotatable bonds is 9. The Labute approximate surface area is 198 Å². The van der Waals surface area contributed by atoms with Crippen LogP contribution < -0.4 is 14.4 Å². The molecular weight excluding hydrogens is 477 g/mol. The van der Waals surface area contributed by atoms with Gasteiger partial charge in [-0.15, -0.1) is 0 Å². The van der Waals surface area contributed by atoms with Gasteiger partial charge in [-0.1, -0.05) is 41.4 Å². The Hall–Kier alpha value is -2.49. The van der Waals surface area contributed by atoms with Gasteiger partial charge >= 0.3 is 0 Å². The van der Waals surface area contributed by atoms with E-state index in [9.17, 15) is 18.0 Å². The number of amides is 2. The van der Waals surface area contributed by atoms with Gasteiger partial charge in [0.2, 0.25) is 21.8 Å². The second kappa shape index (κ2) is 10.9. The van der Waals surface area contributed by atoms with E-state index in [0.29, 0.717) is 10.6 Å². The maximum absolute atomic E-state index is 13.4. The van der Waals surface area contributed by atoms with Crippen molar-refractivity contribution in [3.8, 4) is 5.75 Å². The first kappa shape index (κ1) is 25.8. The maximum Gasteiger partial charge on any atom is 0.244 e. The van der Waals surface area contributed by atoms with Crippen LogP contribution in [0.1, 0.15) is 12.5 Å². The van der Waals surface area contributed by atoms with Gasteiger partial charge in [0.1, 0.15) is 18.3 Å². The minimum atomic E-state index is -3.91. The van der Waals surface area contributed by atoms with Crippen LogP contribution in [0.3, 0.4) is 0 Å². The largest absolute Gasteiger partial charge is 0.495 e. The smallest absolute Gasteiger partial charge is 0.244 e. The number of nitrogens with zero attached hydrogens (tertiary/aromatic N) is 2. The van der Waals surface area contributed by atoms with Gasteiger partial charge in [-0.2, -0.15) is 0 Å². The molecule has 0 aliphatic rings. The van der Waals surface area contributed by atoms with Gasteiger partial charge in [0.05, 0.1) is 19.1 Å². The summed E-state index contributed by atoms with van der Waals surface area (Å²) in [6.07, 6.45) is 0.973. The summed E-state index contributed by atoms with van der Waals surface area (Å²) in [6.45, 7) is 0.997. The highest BCUT2D eigenvalue weighted by Crippen LogP contribution is 2.33. The zero-order valence-corrected chi connectivity index (χ0v) is 20.5. The van der Waals surface area contributed by atoms with E-state index in [0.717, 1.165) is 10.6 Å². The molecule has 2 aromatic carbocycles. The topological polar surface area (TPSA) is 96.0 Å². The summed E-state index contributed by atoms with van der Waals surface area (Å²) in [5, 5.41) is 3.20. The highest BCUT2D eigenvalue weighted by atomic mass is 35.5. The Morgan fingerprint density at radius 2 is 1.81 bits per heavy atom. The van der Waals surface area contributed by atoms with Gasteiger partial charge in [-0.25, -0.2) is 8.42 Å². The molecule has 32 heavy (non-hydrogen) atoms. The lowest BCUT2D eigenvalue weighted by Gasteiger charge is -2.31. The molecule has 0 saturated carbocycles. The summed E-state index contributed by atoms with van der Waals surface area (Å²) in [5.41, 5.74) is 0.727. The molecule has 0 fully saturated rings. The molecule has 174 valence electrons. The number of anilines is 1. The van der Waals surface area contributed by atoms with Crippen molar-refractivity contribution in [1.29, 1.82) is 0 Å². The van der Waals surface area contributed by atoms with E-state index in [4.69, 9.17) is 27.9 Å². The van der Waals surface area contributed by atoms with Gasteiger partial charge < -0.3 is 15.0 Å². The van der Waals surface area contributed by atoms with E-state index in [1.807, 2.05) is 0 Å². The fraction of sp³-hybridized carbons (Fsp3) is 0.333. The second-order valence-corrected chi connectivity index (χ2v) is 9.74. The number of nitrogens with one attached hydrogen (secondary N) is 1. The molecule has 0 unspecified atom stereocenters. The zero-order valence-electron chi connectivity index (χ0n) is 18.1. The fourth-order valence-corrected chi connectivity index (χ4v) is 4.26. The van der Waals surface area contributed by atoms with Crippen LogP contribution in [0, 0.1) is 0 Å². The lowest BCUT2D eigenvalue weighted by molar-refractivity contribution is -0.139. The molecule has 0 bridgehead atoms. The molecule has 2 rings (SSSR count). The van der Waals surface area contributed by atoms with Crippen molar-refractivity contribution in [3.05, 3.63) is 58.1 Å². The highest BCUT2D eigenvalue weighted by molar-refractivity contribution is 7.92. The molecule has 0 aliphatic carbocycles. The quantitative estimate of drug-likeness (QED) is 0.569. The fourth-order valence-electron chi connectivity index (χ4n) is 3.05. The van der Waals surface area contributed by atoms with Gasteiger partial charge in [0.25, 0.3) is 0 Å². The Kier molecular flexibility index (Phi) is 8.77. The summed E-state index contributed by atoms with van der Waals surface area (Å²) in [4.78, 5) is 27.0. The van der Waals surface area contributed by atoms with Crippen molar-refractivity contribution in [3.63, 3.8) is 0 Å². The first-order chi connectivity index (χ1) is 15.0. The number of hydrogen-bond donors (Lipinski definition) is 1. The molecule has 11 heteroatoms. The van der Waals surface area contributed by atoms with Gasteiger partial charge in [-0.3, -0.25) is 13.9 Å². The Bertz CT molecular complexity index is 1090. The van der Waals surface area contributed by atoms with E-state index in [2.05, 4.69) is 5.32 Å². The third-order valence-electron chi connectivity index (χ3n) is 4.80. The Morgan fingerprint density at radius 3 is 2.38 bits per heavy atom. The van der Waals surface area contributed by atoms with Crippen LogP contribution >= 0.6 is 23.2 Å². The number of ether oxygens (including phenoxy) is 1. The van der Waals surface area contributed by atoms with Crippen molar-refractivity contribution < 1.29 is 22.7 Å². The number of carbonyl (C=O) groups is 2. The molecule has 2 aromatic rings. The molecule has 0 spiro atoms. The number of sulfonamides is 1. The third kappa shape index (κ3) is 6.27. The SMILES string of the molecule is CNC(=O)[C@@H](C)N(Cc1ccccc1Cl)C(=O)CN(c1cc(Cl)ccc1OC)S(C)(=O)=O. The minimum absolute atomic E-state index is 0.0113. The normalized spacial score (nSPS) is 12.1. The van der Waals surface area contributed by atoms with Gasteiger partial charge in [0, 0.05) is 23.6 Å². The van der Waals surface area contributed by atoms with Crippen molar-refractivity contribution >= 4 is 50.7 Å². The van der Waals surface area contributed by atoms with E-state index in [1.165, 1.54) is 31.2 Å². The summed E-state index contributed by atoms with van der Waals surface area (Å²) in [7, 11) is -1.07. The highest BCUT2D eigenvalue weighted by Gasteiger charge is 2.31. The molecule has 2 amide bonds. The number of hydrogen-bond acceptors (Lipinski definition) is 5. The minimum Gasteiger partial charge on any atom is -0.495 e. The van der Waals surface area contributed by atoms with E-state index < -0.39 is 34.4 Å². The average Bonchev–Trinajstić information content (AvgIpc) is 2.74. The van der Waals surface area contributed by atoms with Crippen LogP contribution in [0.15, 0.2) is 42.5 Å². The summed E-state index contributed by atoms with van der Waals surface area (Å²) >= 11 is 12.3. The third-order valence-corrected chi connectivity index (χ3v) is 6.53. The molecule has 1 N–H and O–H groups in total. The molecule has 0 aromatic heterocycles. The summed E-state index contributed by atoms with van der Waals surface area (Å²) in [6, 6.07) is 10.5. The van der Waals surface area contributed by atoms with Crippen LogP contribution in [0.5, 0.6) is 5.75 Å². The van der Waals surface area contributed by atoms with Crippen molar-refractivity contribution in [1.82, 2.24) is 10.2 Å². The Balaban J connectivity index is 2.47. The molecular formula is C21H25Cl2N3O5S. The summed E-state index contributed by atoms with van der Waals surface area (Å²) in [5.74, 6) is -0.783. The molecule has 0 heterocycles. The number of benzene rings is 2. The molecule has 0 saturated heterocycles. The van der Waals surface area contributed by atoms with Crippen molar-refractivity contribution in [2.24, 2.45) is 0 Å². The van der Waals surface area contributed by atoms with Gasteiger partial charge in [-0.05, 0) is 36.8 Å². The predicted molar refractivity (Wildman–Crippen MR) is 126 cm³/mol. The van der Waals surface area contributed by atoms with Crippen LogP contribution in [0.25, 0.3) is 0 Å². The number of halogens is 2. The lowest BCUT2D eigenvalue weighted by atomic mass is 10.1. The zero-order chi connectivity index (χ0) is 24.1. The van der Waals surface area contributed by atoms with E-state index in [1.54, 1.807) is 37.3 Å². The maximum atomic E-state index is 13.4. The predicted octanol–water partition coefficient (Wildman–Crippen LogP) is 2.93. The molecule has 8 nitrogen and oxygen atoms in total. The van der Waals surface area contributed by atoms with Crippen LogP contribution in [-0.2, 0) is 26.2 Å². The van der Waals surface area contributed by atoms with Crippen LogP contribution in [-0.4, -0.2) is 58.1 Å². The first-order valence-electron chi connectivity index (χ1n) is 9.55. The van der Waals surface area contributed by atoms with E-state index >= 15 is 0 Å². The number of carbonyl (C=O) groups excluding carboxylic acids is 2. The molecule has 0 radical (unpaired) electrons. The van der Waals surface area contributed by atoms with Crippen LogP contribution in [0.2, 0.25) is 10.0 Å². The van der Waals surface area contributed by atoms with E-state index in [-0.39, 0.29) is 23.0 Å². The number of likely N-dealkylation sites (N-methyl/N-ethyl adjacent to an activating group) is 1. The standard InChI is InChI=1S/C21H25Cl2N3O5S/c1-14(21(28)24-2)25(12-15-7-5-6-8-17(15)23)20(27)13-26(32(4,29)30)18-11-16(22)9-10-19(18)31-3/h5-11,14H,12-13H2,1-4H3,(H,24,28)/t14-/m1/s1. The Morgan fingerprint density at radius 1 is 1.16 bits per heavy atom. The molecule has 1 atom stereocenters. The summed E-state index contributed by atoms with van der Waals surface area (Å²) < 4.78 is 31.4. The average molecular weight is 502 g/mol. The second-order valence-electron chi connectivity index (χ2n) is 6.99. The molecule has 0 aliphatic heterocycles.